The van der Waals surface area contributed by atoms with Gasteiger partial charge in [0, 0.05) is 20.1 Å². The summed E-state index contributed by atoms with van der Waals surface area (Å²) in [4.78, 5) is 13.5. The average molecular weight is 270 g/mol. The Morgan fingerprint density at radius 3 is 2.83 bits per heavy atom. The molecule has 0 bridgehead atoms. The maximum atomic E-state index is 12.0. The van der Waals surface area contributed by atoms with Gasteiger partial charge in [-0.3, -0.25) is 0 Å². The zero-order valence-electron chi connectivity index (χ0n) is 10.1. The third-order valence-electron chi connectivity index (χ3n) is 3.08. The number of aliphatic hydroxyl groups is 1. The van der Waals surface area contributed by atoms with Crippen LogP contribution in [0, 0.1) is 0 Å². The zero-order valence-corrected chi connectivity index (χ0v) is 10.8. The molecule has 0 unspecified atom stereocenters. The molecule has 2 rings (SSSR count). The number of amides is 2. The van der Waals surface area contributed by atoms with Crippen molar-refractivity contribution in [2.45, 2.75) is 12.1 Å². The molecule has 1 saturated heterocycles. The second-order valence-electron chi connectivity index (χ2n) is 4.31. The van der Waals surface area contributed by atoms with Gasteiger partial charge in [0.1, 0.15) is 0 Å². The van der Waals surface area contributed by atoms with E-state index in [0.29, 0.717) is 23.8 Å². The first-order chi connectivity index (χ1) is 8.59. The third-order valence-corrected chi connectivity index (χ3v) is 3.41. The van der Waals surface area contributed by atoms with Crippen LogP contribution in [0.3, 0.4) is 0 Å². The second-order valence-corrected chi connectivity index (χ2v) is 4.72. The summed E-state index contributed by atoms with van der Waals surface area (Å²) in [6.07, 6.45) is -0.535. The summed E-state index contributed by atoms with van der Waals surface area (Å²) in [5, 5.41) is 16.0. The summed E-state index contributed by atoms with van der Waals surface area (Å²) in [5.74, 6) is 0. The van der Waals surface area contributed by atoms with Crippen molar-refractivity contribution in [3.8, 4) is 0 Å². The summed E-state index contributed by atoms with van der Waals surface area (Å²) in [5.41, 5.74) is 0.566. The van der Waals surface area contributed by atoms with E-state index in [-0.39, 0.29) is 12.1 Å². The molecule has 6 heteroatoms. The van der Waals surface area contributed by atoms with Crippen LogP contribution < -0.4 is 10.6 Å². The first-order valence-corrected chi connectivity index (χ1v) is 6.14. The molecule has 0 aliphatic carbocycles. The molecule has 1 aliphatic heterocycles. The minimum Gasteiger partial charge on any atom is -0.390 e. The van der Waals surface area contributed by atoms with Gasteiger partial charge in [-0.05, 0) is 12.1 Å². The van der Waals surface area contributed by atoms with Crippen LogP contribution in [0.25, 0.3) is 0 Å². The van der Waals surface area contributed by atoms with Gasteiger partial charge in [0.15, 0.2) is 0 Å². The van der Waals surface area contributed by atoms with Crippen molar-refractivity contribution in [2.75, 3.05) is 25.5 Å². The molecular formula is C12H16ClN3O2. The van der Waals surface area contributed by atoms with Crippen LogP contribution in [-0.2, 0) is 0 Å². The number of rotatable bonds is 2. The minimum atomic E-state index is -0.535. The Labute approximate surface area is 111 Å². The number of benzene rings is 1. The van der Waals surface area contributed by atoms with E-state index in [9.17, 15) is 9.90 Å². The summed E-state index contributed by atoms with van der Waals surface area (Å²) < 4.78 is 0. The highest BCUT2D eigenvalue weighted by Crippen LogP contribution is 2.21. The average Bonchev–Trinajstić information content (AvgIpc) is 2.77. The van der Waals surface area contributed by atoms with Gasteiger partial charge in [0.2, 0.25) is 0 Å². The lowest BCUT2D eigenvalue weighted by molar-refractivity contribution is 0.115. The Bertz CT molecular complexity index is 441. The number of urea groups is 1. The lowest BCUT2D eigenvalue weighted by Gasteiger charge is -2.26. The van der Waals surface area contributed by atoms with Crippen LogP contribution in [-0.4, -0.2) is 48.3 Å². The molecule has 98 valence electrons. The van der Waals surface area contributed by atoms with E-state index in [0.717, 1.165) is 0 Å². The number of nitrogens with zero attached hydrogens (tertiary/aromatic N) is 1. The number of para-hydroxylation sites is 1. The highest BCUT2D eigenvalue weighted by Gasteiger charge is 2.31. The molecule has 18 heavy (non-hydrogen) atoms. The lowest BCUT2D eigenvalue weighted by Crippen LogP contribution is -2.46. The fourth-order valence-electron chi connectivity index (χ4n) is 1.96. The molecule has 0 spiro atoms. The number of aliphatic hydroxyl groups excluding tert-OH is 1. The predicted octanol–water partition coefficient (Wildman–Crippen LogP) is 1.14. The smallest absolute Gasteiger partial charge is 0.322 e. The summed E-state index contributed by atoms with van der Waals surface area (Å²) in [7, 11) is 1.66. The van der Waals surface area contributed by atoms with Gasteiger partial charge in [-0.15, -0.1) is 0 Å². The molecule has 1 aliphatic rings. The molecule has 1 heterocycles. The molecule has 1 fully saturated rings. The fourth-order valence-corrected chi connectivity index (χ4v) is 2.15. The number of likely N-dealkylation sites (N-methyl/N-ethyl adjacent to an activating group) is 1. The molecule has 0 saturated carbocycles. The number of carbonyl (C=O) groups excluding carboxylic acids is 1. The highest BCUT2D eigenvalue weighted by molar-refractivity contribution is 6.33. The SMILES string of the molecule is CN(C(=O)Nc1ccccc1Cl)[C@H]1CNC[C@@H]1O. The van der Waals surface area contributed by atoms with Crippen LogP contribution in [0.5, 0.6) is 0 Å². The second kappa shape index (κ2) is 5.56. The Kier molecular flexibility index (Phi) is 4.06. The number of carbonyl (C=O) groups is 1. The first-order valence-electron chi connectivity index (χ1n) is 5.76. The van der Waals surface area contributed by atoms with Crippen molar-refractivity contribution in [3.05, 3.63) is 29.3 Å². The normalized spacial score (nSPS) is 22.8. The van der Waals surface area contributed by atoms with Gasteiger partial charge < -0.3 is 20.6 Å². The Morgan fingerprint density at radius 2 is 2.22 bits per heavy atom. The maximum absolute atomic E-state index is 12.0. The highest BCUT2D eigenvalue weighted by atomic mass is 35.5. The lowest BCUT2D eigenvalue weighted by atomic mass is 10.2. The van der Waals surface area contributed by atoms with Crippen LogP contribution >= 0.6 is 11.6 Å². The number of β-amino-alcohol motifs (C(OH)–C–C–N with tert-alkyl or cyclic N) is 1. The van der Waals surface area contributed by atoms with Gasteiger partial charge in [0.25, 0.3) is 0 Å². The molecule has 5 nitrogen and oxygen atoms in total. The summed E-state index contributed by atoms with van der Waals surface area (Å²) >= 11 is 5.97. The molecule has 0 radical (unpaired) electrons. The van der Waals surface area contributed by atoms with Gasteiger partial charge >= 0.3 is 6.03 Å². The van der Waals surface area contributed by atoms with E-state index in [1.165, 1.54) is 4.90 Å². The molecular weight excluding hydrogens is 254 g/mol. The molecule has 1 aromatic rings. The number of halogens is 1. The molecule has 0 aromatic heterocycles. The molecule has 1 aromatic carbocycles. The molecule has 2 atom stereocenters. The largest absolute Gasteiger partial charge is 0.390 e. The molecule has 2 amide bonds. The van der Waals surface area contributed by atoms with Crippen molar-refractivity contribution in [2.24, 2.45) is 0 Å². The summed E-state index contributed by atoms with van der Waals surface area (Å²) in [6, 6.07) is 6.55. The Balaban J connectivity index is 2.02. The minimum absolute atomic E-state index is 0.215. The fraction of sp³-hybridized carbons (Fsp3) is 0.417. The van der Waals surface area contributed by atoms with Gasteiger partial charge in [0.05, 0.1) is 22.9 Å². The van der Waals surface area contributed by atoms with Crippen LogP contribution in [0.2, 0.25) is 5.02 Å². The van der Waals surface area contributed by atoms with Crippen molar-refractivity contribution in [3.63, 3.8) is 0 Å². The first kappa shape index (κ1) is 13.1. The quantitative estimate of drug-likeness (QED) is 0.754. The third kappa shape index (κ3) is 2.75. The Morgan fingerprint density at radius 1 is 1.50 bits per heavy atom. The number of nitrogens with one attached hydrogen (secondary N) is 2. The topological polar surface area (TPSA) is 64.6 Å². The number of anilines is 1. The van der Waals surface area contributed by atoms with E-state index in [1.54, 1.807) is 31.3 Å². The Hall–Kier alpha value is -1.30. The maximum Gasteiger partial charge on any atom is 0.322 e. The van der Waals surface area contributed by atoms with E-state index in [1.807, 2.05) is 0 Å². The van der Waals surface area contributed by atoms with Gasteiger partial charge in [-0.1, -0.05) is 23.7 Å². The number of hydrogen-bond donors (Lipinski definition) is 3. The number of hydrogen-bond acceptors (Lipinski definition) is 3. The predicted molar refractivity (Wildman–Crippen MR) is 70.9 cm³/mol. The van der Waals surface area contributed by atoms with E-state index < -0.39 is 6.10 Å². The van der Waals surface area contributed by atoms with Gasteiger partial charge in [-0.25, -0.2) is 4.79 Å². The van der Waals surface area contributed by atoms with Gasteiger partial charge in [-0.2, -0.15) is 0 Å². The monoisotopic (exact) mass is 269 g/mol. The van der Waals surface area contributed by atoms with E-state index >= 15 is 0 Å². The van der Waals surface area contributed by atoms with E-state index in [4.69, 9.17) is 11.6 Å². The van der Waals surface area contributed by atoms with Crippen molar-refractivity contribution >= 4 is 23.3 Å². The van der Waals surface area contributed by atoms with Crippen molar-refractivity contribution in [1.82, 2.24) is 10.2 Å². The van der Waals surface area contributed by atoms with Crippen LogP contribution in [0.15, 0.2) is 24.3 Å². The molecule has 3 N–H and O–H groups in total. The van der Waals surface area contributed by atoms with Crippen molar-refractivity contribution < 1.29 is 9.90 Å². The summed E-state index contributed by atoms with van der Waals surface area (Å²) in [6.45, 7) is 1.10. The standard InChI is InChI=1S/C12H16ClN3O2/c1-16(10-6-14-7-11(10)17)12(18)15-9-5-3-2-4-8(9)13/h2-5,10-11,14,17H,6-7H2,1H3,(H,15,18)/t10-,11-/m0/s1. The van der Waals surface area contributed by atoms with Crippen LogP contribution in [0.1, 0.15) is 0 Å². The zero-order chi connectivity index (χ0) is 13.1. The van der Waals surface area contributed by atoms with Crippen molar-refractivity contribution in [1.29, 1.82) is 0 Å². The van der Waals surface area contributed by atoms with Crippen LogP contribution in [0.4, 0.5) is 10.5 Å². The van der Waals surface area contributed by atoms with E-state index in [2.05, 4.69) is 10.6 Å².